The Morgan fingerprint density at radius 2 is 2.03 bits per heavy atom. The zero-order chi connectivity index (χ0) is 21.6. The van der Waals surface area contributed by atoms with Crippen LogP contribution in [0.3, 0.4) is 0 Å². The number of para-hydroxylation sites is 1. The van der Waals surface area contributed by atoms with Gasteiger partial charge >= 0.3 is 19.3 Å². The maximum atomic E-state index is 12.4. The Labute approximate surface area is 167 Å². The van der Waals surface area contributed by atoms with E-state index in [0.29, 0.717) is 5.56 Å². The summed E-state index contributed by atoms with van der Waals surface area (Å²) in [7, 11) is -1.50. The Hall–Kier alpha value is -2.23. The minimum absolute atomic E-state index is 0.113. The highest BCUT2D eigenvalue weighted by molar-refractivity contribution is 6.47. The molecular weight excluding hydrogens is 390 g/mol. The molecule has 0 saturated carbocycles. The summed E-state index contributed by atoms with van der Waals surface area (Å²) in [6, 6.07) is 4.80. The predicted molar refractivity (Wildman–Crippen MR) is 100 cm³/mol. The van der Waals surface area contributed by atoms with Crippen LogP contribution in [0.4, 0.5) is 13.2 Å². The summed E-state index contributed by atoms with van der Waals surface area (Å²) < 4.78 is 47.5. The number of rotatable bonds is 8. The van der Waals surface area contributed by atoms with E-state index in [9.17, 15) is 27.8 Å². The van der Waals surface area contributed by atoms with Gasteiger partial charge < -0.3 is 19.7 Å². The summed E-state index contributed by atoms with van der Waals surface area (Å²) in [6.07, 6.45) is -4.55. The van der Waals surface area contributed by atoms with Crippen LogP contribution < -0.4 is 9.97 Å². The largest absolute Gasteiger partial charge is 0.547 e. The van der Waals surface area contributed by atoms with Crippen LogP contribution in [0.25, 0.3) is 0 Å². The molecule has 1 aromatic rings. The maximum absolute atomic E-state index is 12.4. The second kappa shape index (κ2) is 10.0. The van der Waals surface area contributed by atoms with Crippen molar-refractivity contribution in [1.29, 1.82) is 0 Å². The number of ether oxygens (including phenoxy) is 1. The van der Waals surface area contributed by atoms with Gasteiger partial charge in [0.15, 0.2) is 0 Å². The molecule has 1 amide bonds. The fourth-order valence-electron chi connectivity index (χ4n) is 3.04. The lowest BCUT2D eigenvalue weighted by atomic mass is 9.72. The Morgan fingerprint density at radius 1 is 1.34 bits per heavy atom. The van der Waals surface area contributed by atoms with Gasteiger partial charge in [0.1, 0.15) is 11.3 Å². The van der Waals surface area contributed by atoms with Crippen molar-refractivity contribution >= 4 is 19.0 Å². The summed E-state index contributed by atoms with van der Waals surface area (Å²) in [6.45, 7) is 4.29. The molecule has 6 nitrogen and oxygen atoms in total. The second-order valence-electron chi connectivity index (χ2n) is 7.08. The highest BCUT2D eigenvalue weighted by Crippen LogP contribution is 2.31. The molecule has 0 bridgehead atoms. The summed E-state index contributed by atoms with van der Waals surface area (Å²) in [4.78, 5) is 24.2. The van der Waals surface area contributed by atoms with Crippen LogP contribution >= 0.6 is 0 Å². The normalized spacial score (nSPS) is 16.2. The lowest BCUT2D eigenvalue weighted by Gasteiger charge is -2.29. The van der Waals surface area contributed by atoms with E-state index >= 15 is 0 Å². The second-order valence-corrected chi connectivity index (χ2v) is 7.08. The van der Waals surface area contributed by atoms with Gasteiger partial charge in [0, 0.05) is 6.42 Å². The molecule has 2 rings (SSSR count). The van der Waals surface area contributed by atoms with Crippen molar-refractivity contribution in [2.24, 2.45) is 5.92 Å². The minimum Gasteiger partial charge on any atom is -0.534 e. The quantitative estimate of drug-likeness (QED) is 0.504. The van der Waals surface area contributed by atoms with Crippen LogP contribution in [0.2, 0.25) is 0 Å². The third-order valence-corrected chi connectivity index (χ3v) is 4.93. The predicted octanol–water partition coefficient (Wildman–Crippen LogP) is 3.06. The van der Waals surface area contributed by atoms with Gasteiger partial charge in [-0.3, -0.25) is 4.79 Å². The van der Waals surface area contributed by atoms with Crippen molar-refractivity contribution < 1.29 is 37.2 Å². The van der Waals surface area contributed by atoms with Gasteiger partial charge in [-0.2, -0.15) is 13.2 Å². The average Bonchev–Trinajstić information content (AvgIpc) is 2.66. The molecule has 0 aromatic heterocycles. The molecule has 160 valence electrons. The minimum atomic E-state index is -4.44. The number of carbonyl (C=O) groups excluding carboxylic acids is 2. The monoisotopic (exact) mass is 415 g/mol. The molecular formula is C19H25BF3NO5. The van der Waals surface area contributed by atoms with E-state index in [0.717, 1.165) is 12.8 Å². The molecule has 0 aliphatic carbocycles. The summed E-state index contributed by atoms with van der Waals surface area (Å²) >= 11 is 0. The van der Waals surface area contributed by atoms with Crippen molar-refractivity contribution in [3.63, 3.8) is 0 Å². The van der Waals surface area contributed by atoms with E-state index in [-0.39, 0.29) is 30.3 Å². The average molecular weight is 415 g/mol. The van der Waals surface area contributed by atoms with Crippen LogP contribution in [0.15, 0.2) is 18.2 Å². The number of benzene rings is 1. The molecule has 1 aromatic carbocycles. The number of halogens is 3. The number of amides is 1. The number of carbonyl (C=O) groups is 2. The molecule has 29 heavy (non-hydrogen) atoms. The fourth-order valence-corrected chi connectivity index (χ4v) is 3.04. The first-order chi connectivity index (χ1) is 13.6. The fraction of sp³-hybridized carbons (Fsp3) is 0.579. The molecule has 0 spiro atoms. The Bertz CT molecular complexity index is 724. The number of fused-ring (bicyclic) bond motifs is 1. The lowest BCUT2D eigenvalue weighted by molar-refractivity contribution is -0.144. The Kier molecular flexibility index (Phi) is 7.95. The van der Waals surface area contributed by atoms with E-state index < -0.39 is 44.0 Å². The topological polar surface area (TPSA) is 84.9 Å². The van der Waals surface area contributed by atoms with E-state index in [1.54, 1.807) is 12.1 Å². The molecule has 0 radical (unpaired) electrons. The van der Waals surface area contributed by atoms with E-state index in [1.807, 2.05) is 13.8 Å². The van der Waals surface area contributed by atoms with Crippen LogP contribution in [0.5, 0.6) is 5.75 Å². The number of alkyl halides is 3. The molecule has 0 fully saturated rings. The van der Waals surface area contributed by atoms with Gasteiger partial charge in [-0.05, 0) is 24.0 Å². The van der Waals surface area contributed by atoms with Crippen molar-refractivity contribution in [3.05, 3.63) is 29.3 Å². The molecule has 1 atom stereocenters. The van der Waals surface area contributed by atoms with Gasteiger partial charge in [-0.25, -0.2) is 4.79 Å². The number of hydrogen-bond acceptors (Lipinski definition) is 5. The van der Waals surface area contributed by atoms with Gasteiger partial charge in [0.05, 0.1) is 19.0 Å². The standard InChI is InChI=1S/C19H25BF3NO5/c1-3-12(4-2)11-28-18(26)14-7-5-6-13-10-15(20(27)29-17(13)14)24-16(25)8-9-19(21,22)23/h5-7,12,15,27H,3-4,8-11H2,1-2H3,(H,24,25)/t15-/m0/s1. The number of esters is 1. The van der Waals surface area contributed by atoms with Crippen molar-refractivity contribution in [3.8, 4) is 5.75 Å². The zero-order valence-electron chi connectivity index (χ0n) is 16.4. The molecule has 1 aliphatic rings. The van der Waals surface area contributed by atoms with Gasteiger partial charge in [0.25, 0.3) is 0 Å². The van der Waals surface area contributed by atoms with Crippen LogP contribution in [-0.4, -0.2) is 42.7 Å². The van der Waals surface area contributed by atoms with Crippen LogP contribution in [-0.2, 0) is 16.0 Å². The molecule has 1 aliphatic heterocycles. The van der Waals surface area contributed by atoms with Crippen molar-refractivity contribution in [1.82, 2.24) is 5.32 Å². The van der Waals surface area contributed by atoms with Crippen molar-refractivity contribution in [2.75, 3.05) is 6.61 Å². The number of hydrogen-bond donors (Lipinski definition) is 2. The molecule has 10 heteroatoms. The molecule has 2 N–H and O–H groups in total. The highest BCUT2D eigenvalue weighted by Gasteiger charge is 2.38. The molecule has 1 heterocycles. The Morgan fingerprint density at radius 3 is 2.66 bits per heavy atom. The Balaban J connectivity index is 2.04. The first kappa shape index (κ1) is 23.1. The third kappa shape index (κ3) is 6.66. The maximum Gasteiger partial charge on any atom is 0.547 e. The van der Waals surface area contributed by atoms with Crippen LogP contribution in [0.1, 0.15) is 55.5 Å². The highest BCUT2D eigenvalue weighted by atomic mass is 19.4. The third-order valence-electron chi connectivity index (χ3n) is 4.93. The summed E-state index contributed by atoms with van der Waals surface area (Å²) in [5.41, 5.74) is 0.711. The van der Waals surface area contributed by atoms with Gasteiger partial charge in [-0.1, -0.05) is 38.8 Å². The summed E-state index contributed by atoms with van der Waals surface area (Å²) in [5, 5.41) is 12.5. The first-order valence-corrected chi connectivity index (χ1v) is 9.64. The lowest BCUT2D eigenvalue weighted by Crippen LogP contribution is -2.53. The van der Waals surface area contributed by atoms with E-state index in [4.69, 9.17) is 9.39 Å². The zero-order valence-corrected chi connectivity index (χ0v) is 16.4. The molecule has 0 unspecified atom stereocenters. The van der Waals surface area contributed by atoms with E-state index in [2.05, 4.69) is 5.32 Å². The van der Waals surface area contributed by atoms with Gasteiger partial charge in [-0.15, -0.1) is 0 Å². The summed E-state index contributed by atoms with van der Waals surface area (Å²) in [5.74, 6) is -1.91. The van der Waals surface area contributed by atoms with E-state index in [1.165, 1.54) is 6.07 Å². The molecule has 0 saturated heterocycles. The number of nitrogens with one attached hydrogen (secondary N) is 1. The van der Waals surface area contributed by atoms with Gasteiger partial charge in [0.2, 0.25) is 5.91 Å². The van der Waals surface area contributed by atoms with Crippen LogP contribution in [0, 0.1) is 5.92 Å². The smallest absolute Gasteiger partial charge is 0.534 e. The SMILES string of the molecule is CCC(CC)COC(=O)c1cccc2c1OB(O)[C@@H](NC(=O)CCC(F)(F)F)C2. The first-order valence-electron chi connectivity index (χ1n) is 9.64. The van der Waals surface area contributed by atoms with Crippen molar-refractivity contribution in [2.45, 2.75) is 58.1 Å².